The van der Waals surface area contributed by atoms with Gasteiger partial charge < -0.3 is 15.2 Å². The average molecular weight is 344 g/mol. The van der Waals surface area contributed by atoms with E-state index >= 15 is 0 Å². The van der Waals surface area contributed by atoms with Crippen LogP contribution in [-0.4, -0.2) is 33.4 Å². The van der Waals surface area contributed by atoms with E-state index in [1.807, 2.05) is 10.6 Å². The van der Waals surface area contributed by atoms with Crippen LogP contribution in [0.3, 0.4) is 0 Å². The molecule has 5 nitrogen and oxygen atoms in total. The summed E-state index contributed by atoms with van der Waals surface area (Å²) in [5.41, 5.74) is 1.65. The summed E-state index contributed by atoms with van der Waals surface area (Å²) < 4.78 is 7.92. The largest absolute Gasteiger partial charge is 0.394 e. The Morgan fingerprint density at radius 3 is 2.73 bits per heavy atom. The standard InChI is InChI=1S/C15H19Cl2N3O2/c1-8(2)18-15-19-12-5-10(16)11(17)6-13(12)20(15)14-4-3-9(7-21)22-14/h5-6,8-9,14,21H,3-4,7H2,1-2H3,(H,18,19)/t9-,14-/m0/s1. The Labute approximate surface area is 139 Å². The number of hydrogen-bond acceptors (Lipinski definition) is 4. The van der Waals surface area contributed by atoms with Gasteiger partial charge in [0.25, 0.3) is 0 Å². The van der Waals surface area contributed by atoms with Gasteiger partial charge in [-0.25, -0.2) is 4.98 Å². The Kier molecular flexibility index (Phi) is 4.50. The third kappa shape index (κ3) is 2.91. The summed E-state index contributed by atoms with van der Waals surface area (Å²) in [4.78, 5) is 4.62. The molecule has 0 saturated carbocycles. The SMILES string of the molecule is CC(C)Nc1nc2cc(Cl)c(Cl)cc2n1[C@@H]1CC[C@@H](CO)O1. The molecule has 2 heterocycles. The second-order valence-corrected chi connectivity index (χ2v) is 6.65. The fraction of sp³-hybridized carbons (Fsp3) is 0.533. The van der Waals surface area contributed by atoms with Gasteiger partial charge in [0.1, 0.15) is 6.23 Å². The molecule has 0 radical (unpaired) electrons. The quantitative estimate of drug-likeness (QED) is 0.885. The maximum atomic E-state index is 9.29. The molecule has 7 heteroatoms. The lowest BCUT2D eigenvalue weighted by Gasteiger charge is -2.19. The molecule has 3 rings (SSSR count). The van der Waals surface area contributed by atoms with E-state index < -0.39 is 0 Å². The number of halogens is 2. The lowest BCUT2D eigenvalue weighted by atomic mass is 10.2. The van der Waals surface area contributed by atoms with Crippen LogP contribution in [0, 0.1) is 0 Å². The Balaban J connectivity index is 2.10. The minimum atomic E-state index is -0.166. The van der Waals surface area contributed by atoms with Crippen LogP contribution in [0.4, 0.5) is 5.95 Å². The van der Waals surface area contributed by atoms with E-state index in [0.29, 0.717) is 10.0 Å². The van der Waals surface area contributed by atoms with Crippen molar-refractivity contribution in [3.05, 3.63) is 22.2 Å². The van der Waals surface area contributed by atoms with Crippen molar-refractivity contribution in [2.75, 3.05) is 11.9 Å². The molecule has 0 aliphatic carbocycles. The molecule has 22 heavy (non-hydrogen) atoms. The Morgan fingerprint density at radius 2 is 2.09 bits per heavy atom. The van der Waals surface area contributed by atoms with Crippen LogP contribution in [0.5, 0.6) is 0 Å². The van der Waals surface area contributed by atoms with Crippen LogP contribution in [0.15, 0.2) is 12.1 Å². The number of aliphatic hydroxyl groups is 1. The molecule has 2 N–H and O–H groups in total. The fourth-order valence-electron chi connectivity index (χ4n) is 2.75. The van der Waals surface area contributed by atoms with Crippen LogP contribution < -0.4 is 5.32 Å². The number of hydrogen-bond donors (Lipinski definition) is 2. The Hall–Kier alpha value is -1.01. The number of anilines is 1. The van der Waals surface area contributed by atoms with Crippen molar-refractivity contribution in [2.45, 2.75) is 45.1 Å². The molecule has 1 saturated heterocycles. The molecule has 1 fully saturated rings. The number of rotatable bonds is 4. The zero-order valence-corrected chi connectivity index (χ0v) is 14.0. The lowest BCUT2D eigenvalue weighted by molar-refractivity contribution is -0.0195. The molecule has 1 aliphatic rings. The van der Waals surface area contributed by atoms with E-state index in [2.05, 4.69) is 24.1 Å². The monoisotopic (exact) mass is 343 g/mol. The van der Waals surface area contributed by atoms with Crippen molar-refractivity contribution in [1.82, 2.24) is 9.55 Å². The van der Waals surface area contributed by atoms with Crippen molar-refractivity contribution in [1.29, 1.82) is 0 Å². The number of aromatic nitrogens is 2. The number of fused-ring (bicyclic) bond motifs is 1. The molecule has 0 bridgehead atoms. The van der Waals surface area contributed by atoms with Gasteiger partial charge in [-0.2, -0.15) is 0 Å². The molecule has 1 aliphatic heterocycles. The first-order valence-corrected chi connectivity index (χ1v) is 8.15. The highest BCUT2D eigenvalue weighted by Gasteiger charge is 2.29. The van der Waals surface area contributed by atoms with Crippen molar-refractivity contribution in [3.63, 3.8) is 0 Å². The van der Waals surface area contributed by atoms with Crippen molar-refractivity contribution in [3.8, 4) is 0 Å². The zero-order chi connectivity index (χ0) is 15.9. The third-order valence-electron chi connectivity index (χ3n) is 3.73. The minimum Gasteiger partial charge on any atom is -0.394 e. The predicted octanol–water partition coefficient (Wildman–Crippen LogP) is 3.83. The Morgan fingerprint density at radius 1 is 1.36 bits per heavy atom. The summed E-state index contributed by atoms with van der Waals surface area (Å²) in [5.74, 6) is 0.729. The summed E-state index contributed by atoms with van der Waals surface area (Å²) in [6.07, 6.45) is 1.35. The highest BCUT2D eigenvalue weighted by Crippen LogP contribution is 2.36. The van der Waals surface area contributed by atoms with Crippen LogP contribution in [-0.2, 0) is 4.74 Å². The second kappa shape index (κ2) is 6.24. The minimum absolute atomic E-state index is 0.0304. The van der Waals surface area contributed by atoms with E-state index in [9.17, 15) is 5.11 Å². The molecule has 1 aromatic carbocycles. The maximum Gasteiger partial charge on any atom is 0.206 e. The molecule has 2 aromatic rings. The number of aliphatic hydroxyl groups excluding tert-OH is 1. The normalized spacial score (nSPS) is 21.9. The van der Waals surface area contributed by atoms with Crippen molar-refractivity contribution >= 4 is 40.2 Å². The number of ether oxygens (including phenoxy) is 1. The summed E-state index contributed by atoms with van der Waals surface area (Å²) >= 11 is 12.3. The van der Waals surface area contributed by atoms with Gasteiger partial charge in [0.05, 0.1) is 33.8 Å². The highest BCUT2D eigenvalue weighted by molar-refractivity contribution is 6.42. The summed E-state index contributed by atoms with van der Waals surface area (Å²) in [7, 11) is 0. The van der Waals surface area contributed by atoms with Crippen LogP contribution in [0.1, 0.15) is 32.9 Å². The van der Waals surface area contributed by atoms with Crippen LogP contribution in [0.25, 0.3) is 11.0 Å². The summed E-state index contributed by atoms with van der Waals surface area (Å²) in [6.45, 7) is 4.13. The van der Waals surface area contributed by atoms with Gasteiger partial charge in [0.2, 0.25) is 5.95 Å². The van der Waals surface area contributed by atoms with E-state index in [0.717, 1.165) is 29.8 Å². The van der Waals surface area contributed by atoms with Gasteiger partial charge in [-0.1, -0.05) is 23.2 Å². The van der Waals surface area contributed by atoms with Gasteiger partial charge in [0.15, 0.2) is 0 Å². The van der Waals surface area contributed by atoms with Crippen molar-refractivity contribution < 1.29 is 9.84 Å². The molecule has 0 amide bonds. The first-order chi connectivity index (χ1) is 10.5. The van der Waals surface area contributed by atoms with Gasteiger partial charge in [-0.05, 0) is 38.8 Å². The number of nitrogens with zero attached hydrogens (tertiary/aromatic N) is 2. The van der Waals surface area contributed by atoms with Gasteiger partial charge in [-0.3, -0.25) is 4.57 Å². The molecular formula is C15H19Cl2N3O2. The summed E-state index contributed by atoms with van der Waals surface area (Å²) in [5, 5.41) is 13.6. The molecule has 1 aromatic heterocycles. The first kappa shape index (κ1) is 15.9. The highest BCUT2D eigenvalue weighted by atomic mass is 35.5. The Bertz CT molecular complexity index is 687. The molecular weight excluding hydrogens is 325 g/mol. The number of benzene rings is 1. The predicted molar refractivity (Wildman–Crippen MR) is 88.7 cm³/mol. The smallest absolute Gasteiger partial charge is 0.206 e. The lowest BCUT2D eigenvalue weighted by Crippen LogP contribution is -2.19. The molecule has 0 spiro atoms. The first-order valence-electron chi connectivity index (χ1n) is 7.39. The van der Waals surface area contributed by atoms with E-state index in [4.69, 9.17) is 27.9 Å². The zero-order valence-electron chi connectivity index (χ0n) is 12.5. The van der Waals surface area contributed by atoms with Crippen molar-refractivity contribution in [2.24, 2.45) is 0 Å². The fourth-order valence-corrected chi connectivity index (χ4v) is 3.07. The van der Waals surface area contributed by atoms with Crippen LogP contribution >= 0.6 is 23.2 Å². The summed E-state index contributed by atoms with van der Waals surface area (Å²) in [6, 6.07) is 3.81. The van der Waals surface area contributed by atoms with Gasteiger partial charge in [-0.15, -0.1) is 0 Å². The number of nitrogens with one attached hydrogen (secondary N) is 1. The van der Waals surface area contributed by atoms with Gasteiger partial charge in [0, 0.05) is 6.04 Å². The van der Waals surface area contributed by atoms with E-state index in [-0.39, 0.29) is 25.0 Å². The molecule has 2 atom stereocenters. The van der Waals surface area contributed by atoms with Crippen LogP contribution in [0.2, 0.25) is 10.0 Å². The maximum absolute atomic E-state index is 9.29. The molecule has 120 valence electrons. The van der Waals surface area contributed by atoms with Gasteiger partial charge >= 0.3 is 0 Å². The van der Waals surface area contributed by atoms with E-state index in [1.165, 1.54) is 0 Å². The number of imidazole rings is 1. The molecule has 0 unspecified atom stereocenters. The van der Waals surface area contributed by atoms with E-state index in [1.54, 1.807) is 6.07 Å². The topological polar surface area (TPSA) is 59.3 Å². The average Bonchev–Trinajstić information content (AvgIpc) is 3.03. The second-order valence-electron chi connectivity index (χ2n) is 5.83. The third-order valence-corrected chi connectivity index (χ3v) is 4.45.